The van der Waals surface area contributed by atoms with Gasteiger partial charge in [0.1, 0.15) is 0 Å². The summed E-state index contributed by atoms with van der Waals surface area (Å²) in [4.78, 5) is 8.90. The molecular formula is C8H13F3N2O4S. The normalized spacial score (nSPS) is 26.9. The van der Waals surface area contributed by atoms with Crippen LogP contribution in [-0.2, 0) is 14.8 Å². The highest BCUT2D eigenvalue weighted by Crippen LogP contribution is 2.21. The fourth-order valence-corrected chi connectivity index (χ4v) is 3.56. The Bertz CT molecular complexity index is 409. The quantitative estimate of drug-likeness (QED) is 0.635. The lowest BCUT2D eigenvalue weighted by molar-refractivity contribution is -0.192. The van der Waals surface area contributed by atoms with E-state index in [4.69, 9.17) is 9.90 Å². The molecule has 0 aliphatic carbocycles. The molecule has 2 aliphatic rings. The van der Waals surface area contributed by atoms with Gasteiger partial charge in [0.2, 0.25) is 10.0 Å². The van der Waals surface area contributed by atoms with Gasteiger partial charge in [-0.3, -0.25) is 0 Å². The Morgan fingerprint density at radius 3 is 2.39 bits per heavy atom. The first-order valence-corrected chi connectivity index (χ1v) is 6.76. The molecule has 2 N–H and O–H groups in total. The summed E-state index contributed by atoms with van der Waals surface area (Å²) in [6.45, 7) is 2.29. The molecule has 1 unspecified atom stereocenters. The van der Waals surface area contributed by atoms with E-state index in [1.807, 2.05) is 0 Å². The highest BCUT2D eigenvalue weighted by atomic mass is 32.2. The van der Waals surface area contributed by atoms with Crippen LogP contribution < -0.4 is 5.32 Å². The second kappa shape index (κ2) is 5.41. The van der Waals surface area contributed by atoms with Crippen LogP contribution in [0.2, 0.25) is 0 Å². The van der Waals surface area contributed by atoms with Gasteiger partial charge in [-0.25, -0.2) is 13.2 Å². The predicted molar refractivity (Wildman–Crippen MR) is 55.5 cm³/mol. The van der Waals surface area contributed by atoms with Gasteiger partial charge < -0.3 is 10.4 Å². The van der Waals surface area contributed by atoms with Gasteiger partial charge >= 0.3 is 12.1 Å². The van der Waals surface area contributed by atoms with Gasteiger partial charge in [-0.05, 0) is 6.42 Å². The molecular weight excluding hydrogens is 277 g/mol. The van der Waals surface area contributed by atoms with E-state index in [-0.39, 0.29) is 6.04 Å². The minimum atomic E-state index is -5.08. The highest BCUT2D eigenvalue weighted by molar-refractivity contribution is 7.89. The van der Waals surface area contributed by atoms with E-state index in [0.717, 1.165) is 19.5 Å². The van der Waals surface area contributed by atoms with Crippen molar-refractivity contribution in [2.75, 3.05) is 25.4 Å². The van der Waals surface area contributed by atoms with E-state index in [1.54, 1.807) is 4.31 Å². The molecule has 0 saturated carbocycles. The van der Waals surface area contributed by atoms with Gasteiger partial charge in [-0.1, -0.05) is 0 Å². The third-order valence-electron chi connectivity index (χ3n) is 2.61. The number of nitrogens with zero attached hydrogens (tertiary/aromatic N) is 1. The smallest absolute Gasteiger partial charge is 0.475 e. The first-order chi connectivity index (χ1) is 8.14. The van der Waals surface area contributed by atoms with Crippen LogP contribution in [0.3, 0.4) is 0 Å². The Labute approximate surface area is 102 Å². The summed E-state index contributed by atoms with van der Waals surface area (Å²) in [6.07, 6.45) is -4.28. The number of hydrogen-bond donors (Lipinski definition) is 2. The molecule has 0 bridgehead atoms. The zero-order valence-corrected chi connectivity index (χ0v) is 10.1. The Balaban J connectivity index is 0.000000203. The monoisotopic (exact) mass is 290 g/mol. The summed E-state index contributed by atoms with van der Waals surface area (Å²) in [5.74, 6) is -2.41. The fraction of sp³-hybridized carbons (Fsp3) is 0.875. The van der Waals surface area contributed by atoms with E-state index >= 15 is 0 Å². The molecule has 0 aromatic rings. The number of halogens is 3. The van der Waals surface area contributed by atoms with E-state index in [2.05, 4.69) is 5.32 Å². The average molecular weight is 290 g/mol. The average Bonchev–Trinajstić information content (AvgIpc) is 2.55. The molecule has 106 valence electrons. The number of carbonyl (C=O) groups is 1. The maximum Gasteiger partial charge on any atom is 0.490 e. The summed E-state index contributed by atoms with van der Waals surface area (Å²) in [7, 11) is -2.85. The van der Waals surface area contributed by atoms with E-state index < -0.39 is 22.2 Å². The van der Waals surface area contributed by atoms with Gasteiger partial charge in [0, 0.05) is 25.7 Å². The molecule has 18 heavy (non-hydrogen) atoms. The summed E-state index contributed by atoms with van der Waals surface area (Å²) in [6, 6.07) is 0.244. The number of carboxylic acids is 1. The Morgan fingerprint density at radius 1 is 1.39 bits per heavy atom. The third kappa shape index (κ3) is 3.82. The van der Waals surface area contributed by atoms with E-state index in [9.17, 15) is 21.6 Å². The molecule has 0 radical (unpaired) electrons. The molecule has 2 heterocycles. The molecule has 0 aromatic heterocycles. The van der Waals surface area contributed by atoms with Crippen molar-refractivity contribution in [2.45, 2.75) is 18.6 Å². The maximum atomic E-state index is 11.3. The molecule has 0 aromatic carbocycles. The van der Waals surface area contributed by atoms with Gasteiger partial charge in [0.05, 0.1) is 5.75 Å². The molecule has 2 rings (SSSR count). The third-order valence-corrected chi connectivity index (χ3v) is 4.55. The highest BCUT2D eigenvalue weighted by Gasteiger charge is 2.38. The number of fused-ring (bicyclic) bond motifs is 1. The van der Waals surface area contributed by atoms with Crippen LogP contribution >= 0.6 is 0 Å². The molecule has 6 nitrogen and oxygen atoms in total. The SMILES string of the molecule is O=C(O)C(F)(F)F.O=S1(=O)CCC2CNCCN21. The van der Waals surface area contributed by atoms with Crippen molar-refractivity contribution in [2.24, 2.45) is 0 Å². The molecule has 2 saturated heterocycles. The lowest BCUT2D eigenvalue weighted by Gasteiger charge is -2.28. The topological polar surface area (TPSA) is 86.7 Å². The first-order valence-electron chi connectivity index (χ1n) is 5.15. The number of nitrogens with one attached hydrogen (secondary N) is 1. The molecule has 10 heteroatoms. The zero-order valence-electron chi connectivity index (χ0n) is 9.27. The van der Waals surface area contributed by atoms with Gasteiger partial charge in [-0.15, -0.1) is 0 Å². The number of carboxylic acid groups (broad SMARTS) is 1. The van der Waals surface area contributed by atoms with Crippen LogP contribution in [0.5, 0.6) is 0 Å². The number of alkyl halides is 3. The summed E-state index contributed by atoms with van der Waals surface area (Å²) in [5.41, 5.74) is 0. The second-order valence-corrected chi connectivity index (χ2v) is 5.92. The number of aliphatic carboxylic acids is 1. The van der Waals surface area contributed by atoms with Crippen molar-refractivity contribution in [3.05, 3.63) is 0 Å². The summed E-state index contributed by atoms with van der Waals surface area (Å²) in [5, 5.41) is 10.3. The van der Waals surface area contributed by atoms with Crippen LogP contribution in [0.25, 0.3) is 0 Å². The number of piperazine rings is 1. The summed E-state index contributed by atoms with van der Waals surface area (Å²) < 4.78 is 56.0. The summed E-state index contributed by atoms with van der Waals surface area (Å²) >= 11 is 0. The minimum absolute atomic E-state index is 0.244. The minimum Gasteiger partial charge on any atom is -0.475 e. The van der Waals surface area contributed by atoms with Crippen LogP contribution in [-0.4, -0.2) is 61.4 Å². The maximum absolute atomic E-state index is 11.3. The molecule has 2 aliphatic heterocycles. The van der Waals surface area contributed by atoms with Gasteiger partial charge in [0.25, 0.3) is 0 Å². The van der Waals surface area contributed by atoms with Crippen molar-refractivity contribution in [3.8, 4) is 0 Å². The van der Waals surface area contributed by atoms with Gasteiger partial charge in [0.15, 0.2) is 0 Å². The Morgan fingerprint density at radius 2 is 1.94 bits per heavy atom. The van der Waals surface area contributed by atoms with E-state index in [1.165, 1.54) is 0 Å². The zero-order chi connectivity index (χ0) is 14.0. The van der Waals surface area contributed by atoms with Crippen molar-refractivity contribution in [1.82, 2.24) is 9.62 Å². The van der Waals surface area contributed by atoms with E-state index in [0.29, 0.717) is 12.3 Å². The second-order valence-electron chi connectivity index (χ2n) is 3.88. The van der Waals surface area contributed by atoms with Crippen LogP contribution in [0.4, 0.5) is 13.2 Å². The first kappa shape index (κ1) is 15.2. The fourth-order valence-electron chi connectivity index (χ4n) is 1.76. The van der Waals surface area contributed by atoms with Crippen LogP contribution in [0, 0.1) is 0 Å². The number of rotatable bonds is 0. The standard InChI is InChI=1S/C6H12N2O2S.C2HF3O2/c9-11(10)4-1-6-5-7-2-3-8(6)11;3-2(4,5)1(6)7/h6-7H,1-5H2;(H,6,7). The van der Waals surface area contributed by atoms with Crippen molar-refractivity contribution < 1.29 is 31.5 Å². The lowest BCUT2D eigenvalue weighted by atomic mass is 10.2. The van der Waals surface area contributed by atoms with Crippen molar-refractivity contribution in [1.29, 1.82) is 0 Å². The molecule has 0 amide bonds. The van der Waals surface area contributed by atoms with Crippen molar-refractivity contribution in [3.63, 3.8) is 0 Å². The Kier molecular flexibility index (Phi) is 4.56. The van der Waals surface area contributed by atoms with Gasteiger partial charge in [-0.2, -0.15) is 17.5 Å². The predicted octanol–water partition coefficient (Wildman–Crippen LogP) is -0.373. The van der Waals surface area contributed by atoms with Crippen molar-refractivity contribution >= 4 is 16.0 Å². The lowest BCUT2D eigenvalue weighted by Crippen LogP contribution is -2.49. The number of sulfonamides is 1. The Hall–Kier alpha value is -0.870. The van der Waals surface area contributed by atoms with Crippen LogP contribution in [0.1, 0.15) is 6.42 Å². The molecule has 0 spiro atoms. The number of hydrogen-bond acceptors (Lipinski definition) is 4. The largest absolute Gasteiger partial charge is 0.490 e. The van der Waals surface area contributed by atoms with Crippen LogP contribution in [0.15, 0.2) is 0 Å². The molecule has 2 fully saturated rings. The molecule has 1 atom stereocenters.